The molecule has 0 bridgehead atoms. The van der Waals surface area contributed by atoms with Crippen LogP contribution >= 0.6 is 0 Å². The van der Waals surface area contributed by atoms with Gasteiger partial charge in [0, 0.05) is 18.3 Å². The summed E-state index contributed by atoms with van der Waals surface area (Å²) in [6, 6.07) is 3.59. The fourth-order valence-corrected chi connectivity index (χ4v) is 2.25. The Bertz CT molecular complexity index is 511. The van der Waals surface area contributed by atoms with E-state index in [2.05, 4.69) is 16.2 Å². The molecule has 1 heterocycles. The van der Waals surface area contributed by atoms with Crippen LogP contribution in [0, 0.1) is 12.3 Å². The van der Waals surface area contributed by atoms with Gasteiger partial charge in [-0.25, -0.2) is 9.78 Å². The Morgan fingerprint density at radius 3 is 2.30 bits per heavy atom. The van der Waals surface area contributed by atoms with Crippen LogP contribution in [-0.4, -0.2) is 16.7 Å². The Kier molecular flexibility index (Phi) is 8.18. The zero-order valence-electron chi connectivity index (χ0n) is 14.5. The molecule has 0 spiro atoms. The molecule has 2 rings (SSSR count). The highest BCUT2D eigenvalue weighted by molar-refractivity contribution is 5.67. The first kappa shape index (κ1) is 19.0. The number of ether oxygens (including phenoxy) is 1. The number of terminal acetylenes is 1. The minimum Gasteiger partial charge on any atom is -0.444 e. The number of nitrogens with zero attached hydrogens (tertiary/aromatic N) is 1. The molecule has 1 aromatic rings. The summed E-state index contributed by atoms with van der Waals surface area (Å²) >= 11 is 0. The quantitative estimate of drug-likeness (QED) is 0.821. The standard InChI is InChI=1S/C13H16N2O2.C6H12/c1-5-11-10(7-6-8-14-11)9-15-12(16)17-13(2,3)4;1-2-4-6-5-3-1/h1,6-8H,9H2,2-4H3,(H,15,16);1-6H2. The van der Waals surface area contributed by atoms with Crippen LogP contribution in [0.2, 0.25) is 0 Å². The Labute approximate surface area is 140 Å². The van der Waals surface area contributed by atoms with Gasteiger partial charge in [-0.3, -0.25) is 0 Å². The Balaban J connectivity index is 0.000000366. The van der Waals surface area contributed by atoms with Crippen LogP contribution in [0.1, 0.15) is 70.6 Å². The lowest BCUT2D eigenvalue weighted by molar-refractivity contribution is 0.0523. The summed E-state index contributed by atoms with van der Waals surface area (Å²) in [5.41, 5.74) is 0.818. The minimum atomic E-state index is -0.506. The van der Waals surface area contributed by atoms with E-state index in [1.807, 2.05) is 26.8 Å². The number of hydrogen-bond donors (Lipinski definition) is 1. The van der Waals surface area contributed by atoms with E-state index in [0.29, 0.717) is 12.2 Å². The molecule has 4 nitrogen and oxygen atoms in total. The average molecular weight is 316 g/mol. The largest absolute Gasteiger partial charge is 0.444 e. The van der Waals surface area contributed by atoms with Gasteiger partial charge in [0.1, 0.15) is 11.3 Å². The normalized spacial score (nSPS) is 14.0. The first-order valence-corrected chi connectivity index (χ1v) is 8.30. The fourth-order valence-electron chi connectivity index (χ4n) is 2.25. The smallest absolute Gasteiger partial charge is 0.407 e. The molecule has 0 unspecified atom stereocenters. The molecule has 0 atom stereocenters. The van der Waals surface area contributed by atoms with E-state index in [0.717, 1.165) is 5.56 Å². The molecule has 1 aromatic heterocycles. The van der Waals surface area contributed by atoms with Crippen LogP contribution in [0.5, 0.6) is 0 Å². The molecule has 1 aliphatic rings. The number of carbonyl (C=O) groups excluding carboxylic acids is 1. The lowest BCUT2D eigenvalue weighted by atomic mass is 10.0. The number of nitrogens with one attached hydrogen (secondary N) is 1. The van der Waals surface area contributed by atoms with Crippen LogP contribution in [0.4, 0.5) is 4.79 Å². The summed E-state index contributed by atoms with van der Waals surface area (Å²) in [6.07, 6.45) is 15.5. The van der Waals surface area contributed by atoms with Gasteiger partial charge in [-0.05, 0) is 32.8 Å². The zero-order chi connectivity index (χ0) is 17.1. The van der Waals surface area contributed by atoms with Gasteiger partial charge in [-0.2, -0.15) is 0 Å². The van der Waals surface area contributed by atoms with Crippen molar-refractivity contribution >= 4 is 6.09 Å². The molecule has 1 fully saturated rings. The summed E-state index contributed by atoms with van der Waals surface area (Å²) in [5, 5.41) is 2.63. The average Bonchev–Trinajstić information content (AvgIpc) is 2.54. The number of pyridine rings is 1. The van der Waals surface area contributed by atoms with Crippen molar-refractivity contribution in [3.05, 3.63) is 29.6 Å². The predicted molar refractivity (Wildman–Crippen MR) is 92.9 cm³/mol. The molecule has 0 aliphatic heterocycles. The minimum absolute atomic E-state index is 0.308. The summed E-state index contributed by atoms with van der Waals surface area (Å²) in [5.74, 6) is 2.46. The highest BCUT2D eigenvalue weighted by Crippen LogP contribution is 2.15. The number of hydrogen-bond acceptors (Lipinski definition) is 3. The molecule has 0 aromatic carbocycles. The predicted octanol–water partition coefficient (Wildman–Crippen LogP) is 4.43. The van der Waals surface area contributed by atoms with E-state index in [4.69, 9.17) is 11.2 Å². The maximum absolute atomic E-state index is 11.4. The van der Waals surface area contributed by atoms with Crippen molar-refractivity contribution < 1.29 is 9.53 Å². The molecule has 23 heavy (non-hydrogen) atoms. The number of alkyl carbamates (subject to hydrolysis) is 1. The highest BCUT2D eigenvalue weighted by atomic mass is 16.6. The second kappa shape index (κ2) is 9.89. The summed E-state index contributed by atoms with van der Waals surface area (Å²) < 4.78 is 5.11. The van der Waals surface area contributed by atoms with Gasteiger partial charge in [-0.1, -0.05) is 44.6 Å². The molecule has 1 saturated carbocycles. The molecule has 1 N–H and O–H groups in total. The van der Waals surface area contributed by atoms with Gasteiger partial charge >= 0.3 is 6.09 Å². The molecule has 0 radical (unpaired) electrons. The van der Waals surface area contributed by atoms with Gasteiger partial charge < -0.3 is 10.1 Å². The zero-order valence-corrected chi connectivity index (χ0v) is 14.5. The number of amides is 1. The first-order chi connectivity index (χ1) is 10.9. The van der Waals surface area contributed by atoms with Crippen molar-refractivity contribution in [1.82, 2.24) is 10.3 Å². The molecular weight excluding hydrogens is 288 g/mol. The van der Waals surface area contributed by atoms with Gasteiger partial charge in [0.25, 0.3) is 0 Å². The van der Waals surface area contributed by atoms with Crippen molar-refractivity contribution in [2.75, 3.05) is 0 Å². The fraction of sp³-hybridized carbons (Fsp3) is 0.579. The van der Waals surface area contributed by atoms with Crippen molar-refractivity contribution in [1.29, 1.82) is 0 Å². The maximum Gasteiger partial charge on any atom is 0.407 e. The Morgan fingerprint density at radius 1 is 1.26 bits per heavy atom. The molecular formula is C19H28N2O2. The third-order valence-electron chi connectivity index (χ3n) is 3.35. The monoisotopic (exact) mass is 316 g/mol. The number of rotatable bonds is 2. The van der Waals surface area contributed by atoms with E-state index in [1.54, 1.807) is 12.3 Å². The number of carbonyl (C=O) groups is 1. The van der Waals surface area contributed by atoms with Gasteiger partial charge in [0.05, 0.1) is 0 Å². The van der Waals surface area contributed by atoms with E-state index in [9.17, 15) is 4.79 Å². The summed E-state index contributed by atoms with van der Waals surface area (Å²) in [7, 11) is 0. The van der Waals surface area contributed by atoms with E-state index < -0.39 is 11.7 Å². The van der Waals surface area contributed by atoms with Gasteiger partial charge in [-0.15, -0.1) is 6.42 Å². The Hall–Kier alpha value is -2.02. The summed E-state index contributed by atoms with van der Waals surface area (Å²) in [6.45, 7) is 5.73. The molecule has 4 heteroatoms. The SMILES string of the molecule is C#Cc1ncccc1CNC(=O)OC(C)(C)C.C1CCCCC1. The molecule has 126 valence electrons. The van der Waals surface area contributed by atoms with Crippen molar-refractivity contribution in [2.24, 2.45) is 0 Å². The van der Waals surface area contributed by atoms with E-state index in [1.165, 1.54) is 38.5 Å². The molecule has 1 amide bonds. The second-order valence-corrected chi connectivity index (χ2v) is 6.63. The third kappa shape index (κ3) is 8.87. The Morgan fingerprint density at radius 2 is 1.83 bits per heavy atom. The lowest BCUT2D eigenvalue weighted by Gasteiger charge is -2.19. The maximum atomic E-state index is 11.4. The van der Waals surface area contributed by atoms with Crippen LogP contribution in [-0.2, 0) is 11.3 Å². The van der Waals surface area contributed by atoms with Gasteiger partial charge in [0.2, 0.25) is 0 Å². The first-order valence-electron chi connectivity index (χ1n) is 8.30. The van der Waals surface area contributed by atoms with Crippen LogP contribution in [0.25, 0.3) is 0 Å². The van der Waals surface area contributed by atoms with E-state index in [-0.39, 0.29) is 0 Å². The van der Waals surface area contributed by atoms with Crippen molar-refractivity contribution in [3.63, 3.8) is 0 Å². The highest BCUT2D eigenvalue weighted by Gasteiger charge is 2.15. The van der Waals surface area contributed by atoms with Crippen LogP contribution < -0.4 is 5.32 Å². The van der Waals surface area contributed by atoms with Crippen molar-refractivity contribution in [3.8, 4) is 12.3 Å². The lowest BCUT2D eigenvalue weighted by Crippen LogP contribution is -2.32. The van der Waals surface area contributed by atoms with E-state index >= 15 is 0 Å². The van der Waals surface area contributed by atoms with Crippen LogP contribution in [0.15, 0.2) is 18.3 Å². The number of aromatic nitrogens is 1. The topological polar surface area (TPSA) is 51.2 Å². The van der Waals surface area contributed by atoms with Gasteiger partial charge in [0.15, 0.2) is 0 Å². The summed E-state index contributed by atoms with van der Waals surface area (Å²) in [4.78, 5) is 15.4. The second-order valence-electron chi connectivity index (χ2n) is 6.63. The van der Waals surface area contributed by atoms with Crippen molar-refractivity contribution in [2.45, 2.75) is 71.4 Å². The molecule has 1 aliphatic carbocycles. The third-order valence-corrected chi connectivity index (χ3v) is 3.35. The molecule has 0 saturated heterocycles. The van der Waals surface area contributed by atoms with Crippen LogP contribution in [0.3, 0.4) is 0 Å².